The van der Waals surface area contributed by atoms with E-state index in [1.807, 2.05) is 35.2 Å². The van der Waals surface area contributed by atoms with Gasteiger partial charge in [-0.15, -0.1) is 0 Å². The van der Waals surface area contributed by atoms with E-state index in [4.69, 9.17) is 9.26 Å². The molecule has 1 saturated carbocycles. The van der Waals surface area contributed by atoms with Crippen molar-refractivity contribution in [2.75, 3.05) is 33.3 Å². The van der Waals surface area contributed by atoms with E-state index in [1.165, 1.54) is 18.4 Å². The number of rotatable bonds is 7. The normalized spacial score (nSPS) is 17.3. The lowest BCUT2D eigenvalue weighted by Crippen LogP contribution is -2.48. The molecule has 0 radical (unpaired) electrons. The number of nitrogens with zero attached hydrogens (tertiary/aromatic N) is 4. The molecule has 178 valence electrons. The Balaban J connectivity index is 1.16. The first-order valence-corrected chi connectivity index (χ1v) is 12.2. The Bertz CT molecular complexity index is 1110. The van der Waals surface area contributed by atoms with Crippen molar-refractivity contribution < 1.29 is 14.1 Å². The summed E-state index contributed by atoms with van der Waals surface area (Å²) in [5, 5.41) is 4.24. The third kappa shape index (κ3) is 5.14. The molecule has 1 aromatic heterocycles. The number of piperazine rings is 1. The Kier molecular flexibility index (Phi) is 6.90. The van der Waals surface area contributed by atoms with Gasteiger partial charge in [-0.05, 0) is 30.5 Å². The molecule has 1 amide bonds. The zero-order valence-electron chi connectivity index (χ0n) is 19.8. The van der Waals surface area contributed by atoms with Gasteiger partial charge in [-0.3, -0.25) is 9.69 Å². The summed E-state index contributed by atoms with van der Waals surface area (Å²) in [6.07, 6.45) is 5.16. The average Bonchev–Trinajstić information content (AvgIpc) is 3.57. The Labute approximate surface area is 200 Å². The van der Waals surface area contributed by atoms with Crippen LogP contribution in [0.25, 0.3) is 11.4 Å². The summed E-state index contributed by atoms with van der Waals surface area (Å²) in [4.78, 5) is 21.9. The summed E-state index contributed by atoms with van der Waals surface area (Å²) in [6.45, 7) is 4.04. The summed E-state index contributed by atoms with van der Waals surface area (Å²) in [7, 11) is 1.64. The van der Waals surface area contributed by atoms with Crippen LogP contribution in [0.2, 0.25) is 0 Å². The molecule has 5 rings (SSSR count). The molecule has 1 saturated heterocycles. The minimum absolute atomic E-state index is 0.154. The van der Waals surface area contributed by atoms with E-state index in [-0.39, 0.29) is 5.91 Å². The molecule has 0 N–H and O–H groups in total. The zero-order valence-corrected chi connectivity index (χ0v) is 19.8. The number of para-hydroxylation sites is 1. The average molecular weight is 461 g/mol. The third-order valence-electron chi connectivity index (χ3n) is 7.00. The van der Waals surface area contributed by atoms with E-state index in [2.05, 4.69) is 33.2 Å². The highest BCUT2D eigenvalue weighted by atomic mass is 16.5. The molecule has 34 heavy (non-hydrogen) atoms. The van der Waals surface area contributed by atoms with E-state index in [0.717, 1.165) is 68.3 Å². The fourth-order valence-electron chi connectivity index (χ4n) is 5.04. The summed E-state index contributed by atoms with van der Waals surface area (Å²) >= 11 is 0. The van der Waals surface area contributed by atoms with Gasteiger partial charge in [-0.25, -0.2) is 0 Å². The zero-order chi connectivity index (χ0) is 23.3. The molecular weight excluding hydrogens is 428 g/mol. The van der Waals surface area contributed by atoms with Crippen LogP contribution in [0.4, 0.5) is 0 Å². The van der Waals surface area contributed by atoms with Crippen LogP contribution in [0.5, 0.6) is 5.75 Å². The maximum absolute atomic E-state index is 12.8. The monoisotopic (exact) mass is 460 g/mol. The van der Waals surface area contributed by atoms with Gasteiger partial charge in [0.25, 0.3) is 0 Å². The fraction of sp³-hybridized carbons (Fsp3) is 0.444. The lowest BCUT2D eigenvalue weighted by atomic mass is 10.1. The van der Waals surface area contributed by atoms with Crippen molar-refractivity contribution in [1.82, 2.24) is 19.9 Å². The fourth-order valence-corrected chi connectivity index (χ4v) is 5.04. The molecule has 3 aromatic rings. The second-order valence-electron chi connectivity index (χ2n) is 9.28. The van der Waals surface area contributed by atoms with Crippen LogP contribution in [0.3, 0.4) is 0 Å². The van der Waals surface area contributed by atoms with E-state index in [0.29, 0.717) is 18.2 Å². The number of hydrogen-bond donors (Lipinski definition) is 0. The van der Waals surface area contributed by atoms with E-state index >= 15 is 0 Å². The van der Waals surface area contributed by atoms with Gasteiger partial charge in [-0.2, -0.15) is 4.98 Å². The van der Waals surface area contributed by atoms with Crippen LogP contribution in [-0.4, -0.2) is 59.1 Å². The number of methoxy groups -OCH3 is 1. The van der Waals surface area contributed by atoms with Crippen LogP contribution >= 0.6 is 0 Å². The highest BCUT2D eigenvalue weighted by molar-refractivity contribution is 5.79. The summed E-state index contributed by atoms with van der Waals surface area (Å²) in [6, 6.07) is 16.1. The van der Waals surface area contributed by atoms with Crippen molar-refractivity contribution in [2.45, 2.75) is 44.6 Å². The third-order valence-corrected chi connectivity index (χ3v) is 7.00. The maximum atomic E-state index is 12.8. The van der Waals surface area contributed by atoms with Crippen molar-refractivity contribution in [2.24, 2.45) is 0 Å². The first kappa shape index (κ1) is 22.6. The smallest absolute Gasteiger partial charge is 0.230 e. The van der Waals surface area contributed by atoms with E-state index in [1.54, 1.807) is 7.11 Å². The molecule has 2 aromatic carbocycles. The Morgan fingerprint density at radius 3 is 2.65 bits per heavy atom. The number of ether oxygens (including phenoxy) is 1. The van der Waals surface area contributed by atoms with Crippen LogP contribution in [0.15, 0.2) is 53.1 Å². The molecule has 1 aliphatic heterocycles. The summed E-state index contributed by atoms with van der Waals surface area (Å²) < 4.78 is 11.0. The predicted octanol–water partition coefficient (Wildman–Crippen LogP) is 4.29. The van der Waals surface area contributed by atoms with Crippen LogP contribution < -0.4 is 4.74 Å². The SMILES string of the molecule is COc1ccccc1CC(=O)N1CCN(Cc2cccc(-c3noc(C4CCCC4)n3)c2)CC1. The molecule has 7 nitrogen and oxygen atoms in total. The van der Waals surface area contributed by atoms with Crippen LogP contribution in [-0.2, 0) is 17.8 Å². The van der Waals surface area contributed by atoms with Crippen molar-refractivity contribution in [3.8, 4) is 17.1 Å². The number of amides is 1. The van der Waals surface area contributed by atoms with Crippen molar-refractivity contribution >= 4 is 5.91 Å². The van der Waals surface area contributed by atoms with Crippen molar-refractivity contribution in [3.63, 3.8) is 0 Å². The molecule has 2 fully saturated rings. The molecule has 0 atom stereocenters. The van der Waals surface area contributed by atoms with Crippen molar-refractivity contribution in [1.29, 1.82) is 0 Å². The largest absolute Gasteiger partial charge is 0.496 e. The van der Waals surface area contributed by atoms with Crippen LogP contribution in [0.1, 0.15) is 48.6 Å². The topological polar surface area (TPSA) is 71.7 Å². The van der Waals surface area contributed by atoms with Gasteiger partial charge >= 0.3 is 0 Å². The molecule has 0 bridgehead atoms. The van der Waals surface area contributed by atoms with Gasteiger partial charge in [0.15, 0.2) is 0 Å². The molecule has 0 unspecified atom stereocenters. The summed E-state index contributed by atoms with van der Waals surface area (Å²) in [5.74, 6) is 2.81. The highest BCUT2D eigenvalue weighted by Gasteiger charge is 2.24. The van der Waals surface area contributed by atoms with Crippen molar-refractivity contribution in [3.05, 3.63) is 65.5 Å². The molecule has 0 spiro atoms. The summed E-state index contributed by atoms with van der Waals surface area (Å²) in [5.41, 5.74) is 3.15. The Morgan fingerprint density at radius 2 is 1.85 bits per heavy atom. The van der Waals surface area contributed by atoms with Crippen LogP contribution in [0, 0.1) is 0 Å². The van der Waals surface area contributed by atoms with E-state index < -0.39 is 0 Å². The second-order valence-corrected chi connectivity index (χ2v) is 9.28. The molecule has 2 aliphatic rings. The maximum Gasteiger partial charge on any atom is 0.230 e. The van der Waals surface area contributed by atoms with E-state index in [9.17, 15) is 4.79 Å². The lowest BCUT2D eigenvalue weighted by Gasteiger charge is -2.35. The quantitative estimate of drug-likeness (QED) is 0.524. The van der Waals surface area contributed by atoms with Gasteiger partial charge in [0.1, 0.15) is 5.75 Å². The molecular formula is C27H32N4O3. The molecule has 2 heterocycles. The first-order valence-electron chi connectivity index (χ1n) is 12.2. The number of carbonyl (C=O) groups is 1. The minimum Gasteiger partial charge on any atom is -0.496 e. The van der Waals surface area contributed by atoms with Gasteiger partial charge in [0, 0.05) is 49.8 Å². The van der Waals surface area contributed by atoms with Gasteiger partial charge in [0.2, 0.25) is 17.6 Å². The van der Waals surface area contributed by atoms with Gasteiger partial charge in [-0.1, -0.05) is 54.4 Å². The number of carbonyl (C=O) groups excluding carboxylic acids is 1. The molecule has 1 aliphatic carbocycles. The standard InChI is InChI=1S/C27H32N4O3/c1-33-24-12-5-4-10-22(24)18-25(32)31-15-13-30(14-16-31)19-20-7-6-11-23(17-20)26-28-27(34-29-26)21-8-2-3-9-21/h4-7,10-12,17,21H,2-3,8-9,13-16,18-19H2,1H3. The second kappa shape index (κ2) is 10.4. The number of hydrogen-bond acceptors (Lipinski definition) is 6. The Hall–Kier alpha value is -3.19. The lowest BCUT2D eigenvalue weighted by molar-refractivity contribution is -0.132. The highest BCUT2D eigenvalue weighted by Crippen LogP contribution is 2.34. The van der Waals surface area contributed by atoms with Gasteiger partial charge < -0.3 is 14.2 Å². The minimum atomic E-state index is 0.154. The molecule has 7 heteroatoms. The Morgan fingerprint density at radius 1 is 1.06 bits per heavy atom. The predicted molar refractivity (Wildman–Crippen MR) is 129 cm³/mol. The first-order chi connectivity index (χ1) is 16.7. The number of benzene rings is 2. The van der Waals surface area contributed by atoms with Gasteiger partial charge in [0.05, 0.1) is 13.5 Å². The number of aromatic nitrogens is 2.